The lowest BCUT2D eigenvalue weighted by Crippen LogP contribution is -2.52. The van der Waals surface area contributed by atoms with E-state index < -0.39 is 17.9 Å². The van der Waals surface area contributed by atoms with Gasteiger partial charge in [0.1, 0.15) is 11.7 Å². The van der Waals surface area contributed by atoms with Crippen LogP contribution in [0.1, 0.15) is 69.1 Å². The minimum Gasteiger partial charge on any atom is -0.364 e. The molecular weight excluding hydrogens is 408 g/mol. The van der Waals surface area contributed by atoms with Crippen molar-refractivity contribution in [3.63, 3.8) is 0 Å². The molecule has 1 aromatic carbocycles. The highest BCUT2D eigenvalue weighted by Gasteiger charge is 2.44. The molecule has 1 saturated heterocycles. The molecule has 1 aromatic heterocycles. The van der Waals surface area contributed by atoms with Crippen molar-refractivity contribution < 1.29 is 19.2 Å². The second-order valence-electron chi connectivity index (χ2n) is 8.79. The molecule has 0 spiro atoms. The minimum atomic E-state index is -0.603. The van der Waals surface area contributed by atoms with E-state index in [9.17, 15) is 19.2 Å². The second-order valence-corrected chi connectivity index (χ2v) is 8.79. The number of benzene rings is 1. The molecule has 2 aromatic rings. The van der Waals surface area contributed by atoms with Gasteiger partial charge in [0.25, 0.3) is 11.8 Å². The number of primary amides is 1. The molecule has 1 saturated carbocycles. The molecule has 5 rings (SSSR count). The van der Waals surface area contributed by atoms with Gasteiger partial charge in [-0.25, -0.2) is 0 Å². The number of carbonyl (C=O) groups excluding carboxylic acids is 4. The maximum Gasteiger partial charge on any atom is 0.267 e. The quantitative estimate of drug-likeness (QED) is 0.673. The Morgan fingerprint density at radius 3 is 2.81 bits per heavy atom. The maximum atomic E-state index is 13.0. The van der Waals surface area contributed by atoms with Crippen LogP contribution in [0, 0.1) is 5.92 Å². The van der Waals surface area contributed by atoms with Crippen LogP contribution in [0.3, 0.4) is 0 Å². The number of nitrogens with zero attached hydrogens (tertiary/aromatic N) is 2. The average molecular weight is 432 g/mol. The Hall–Kier alpha value is -3.55. The van der Waals surface area contributed by atoms with E-state index >= 15 is 0 Å². The zero-order valence-corrected chi connectivity index (χ0v) is 17.5. The van der Waals surface area contributed by atoms with Crippen LogP contribution in [-0.2, 0) is 22.6 Å². The SMILES string of the molecule is NC(=O)c1ncccc1CC[C@@H]1C[C@H]1c1cccc2c1CN(C1CCC(=O)NC1=O)C2=O. The third kappa shape index (κ3) is 3.55. The molecule has 0 bridgehead atoms. The van der Waals surface area contributed by atoms with Crippen LogP contribution in [0.5, 0.6) is 0 Å². The van der Waals surface area contributed by atoms with Crippen molar-refractivity contribution in [2.75, 3.05) is 0 Å². The van der Waals surface area contributed by atoms with E-state index in [1.54, 1.807) is 11.1 Å². The first-order chi connectivity index (χ1) is 15.4. The highest BCUT2D eigenvalue weighted by atomic mass is 16.2. The van der Waals surface area contributed by atoms with Crippen molar-refractivity contribution in [2.24, 2.45) is 11.7 Å². The molecule has 0 radical (unpaired) electrons. The van der Waals surface area contributed by atoms with Crippen molar-refractivity contribution in [3.05, 3.63) is 64.5 Å². The van der Waals surface area contributed by atoms with Crippen LogP contribution in [0.4, 0.5) is 0 Å². The number of carbonyl (C=O) groups is 4. The molecule has 3 atom stereocenters. The van der Waals surface area contributed by atoms with E-state index in [1.807, 2.05) is 24.3 Å². The predicted octanol–water partition coefficient (Wildman–Crippen LogP) is 1.68. The number of hydrogen-bond donors (Lipinski definition) is 2. The van der Waals surface area contributed by atoms with Crippen molar-refractivity contribution in [1.82, 2.24) is 15.2 Å². The highest BCUT2D eigenvalue weighted by molar-refractivity contribution is 6.05. The monoisotopic (exact) mass is 432 g/mol. The molecular formula is C24H24N4O4. The van der Waals surface area contributed by atoms with Crippen LogP contribution in [-0.4, -0.2) is 39.6 Å². The zero-order chi connectivity index (χ0) is 22.4. The maximum absolute atomic E-state index is 13.0. The summed E-state index contributed by atoms with van der Waals surface area (Å²) in [6.07, 6.45) is 4.83. The first-order valence-electron chi connectivity index (χ1n) is 10.9. The summed E-state index contributed by atoms with van der Waals surface area (Å²) in [7, 11) is 0. The Morgan fingerprint density at radius 2 is 2.03 bits per heavy atom. The van der Waals surface area contributed by atoms with Gasteiger partial charge >= 0.3 is 0 Å². The molecule has 164 valence electrons. The van der Waals surface area contributed by atoms with E-state index in [4.69, 9.17) is 5.73 Å². The molecule has 2 fully saturated rings. The smallest absolute Gasteiger partial charge is 0.267 e. The van der Waals surface area contributed by atoms with Gasteiger partial charge in [0.05, 0.1) is 0 Å². The van der Waals surface area contributed by atoms with E-state index in [0.29, 0.717) is 36.1 Å². The largest absolute Gasteiger partial charge is 0.364 e. The van der Waals surface area contributed by atoms with Crippen molar-refractivity contribution in [1.29, 1.82) is 0 Å². The van der Waals surface area contributed by atoms with Crippen LogP contribution < -0.4 is 11.1 Å². The lowest BCUT2D eigenvalue weighted by molar-refractivity contribution is -0.136. The summed E-state index contributed by atoms with van der Waals surface area (Å²) in [5, 5.41) is 2.35. The number of nitrogens with two attached hydrogens (primary N) is 1. The highest BCUT2D eigenvalue weighted by Crippen LogP contribution is 2.52. The van der Waals surface area contributed by atoms with E-state index in [0.717, 1.165) is 36.0 Å². The number of aryl methyl sites for hydroxylation is 1. The molecule has 8 nitrogen and oxygen atoms in total. The first-order valence-corrected chi connectivity index (χ1v) is 10.9. The fourth-order valence-corrected chi connectivity index (χ4v) is 5.11. The van der Waals surface area contributed by atoms with Crippen molar-refractivity contribution in [2.45, 2.75) is 50.6 Å². The molecule has 4 amide bonds. The summed E-state index contributed by atoms with van der Waals surface area (Å²) in [6, 6.07) is 8.89. The van der Waals surface area contributed by atoms with Crippen LogP contribution >= 0.6 is 0 Å². The third-order valence-electron chi connectivity index (χ3n) is 6.85. The molecule has 3 N–H and O–H groups in total. The summed E-state index contributed by atoms with van der Waals surface area (Å²) < 4.78 is 0. The van der Waals surface area contributed by atoms with Gasteiger partial charge < -0.3 is 10.6 Å². The van der Waals surface area contributed by atoms with Gasteiger partial charge in [-0.3, -0.25) is 29.5 Å². The average Bonchev–Trinajstić information content (AvgIpc) is 3.48. The van der Waals surface area contributed by atoms with E-state index in [1.165, 1.54) is 0 Å². The van der Waals surface area contributed by atoms with Crippen molar-refractivity contribution in [3.8, 4) is 0 Å². The summed E-state index contributed by atoms with van der Waals surface area (Å²) >= 11 is 0. The van der Waals surface area contributed by atoms with Gasteiger partial charge in [-0.1, -0.05) is 18.2 Å². The number of amides is 4. The van der Waals surface area contributed by atoms with Crippen LogP contribution in [0.2, 0.25) is 0 Å². The predicted molar refractivity (Wildman–Crippen MR) is 114 cm³/mol. The standard InChI is InChI=1S/C24H24N4O4/c25-22(30)21-13(3-2-10-26-21)6-7-14-11-17(14)15-4-1-5-16-18(15)12-28(24(16)32)19-8-9-20(29)27-23(19)31/h1-5,10,14,17,19H,6-9,11-12H2,(H2,25,30)(H,27,29,31)/t14-,17-,19?/m1/s1. The van der Waals surface area contributed by atoms with Gasteiger partial charge in [0.2, 0.25) is 11.8 Å². The van der Waals surface area contributed by atoms with E-state index in [2.05, 4.69) is 16.4 Å². The Bertz CT molecular complexity index is 1140. The number of piperidine rings is 1. The van der Waals surface area contributed by atoms with Gasteiger partial charge in [-0.15, -0.1) is 0 Å². The minimum absolute atomic E-state index is 0.144. The third-order valence-corrected chi connectivity index (χ3v) is 6.85. The first kappa shape index (κ1) is 20.4. The molecule has 1 aliphatic carbocycles. The fourth-order valence-electron chi connectivity index (χ4n) is 5.11. The number of fused-ring (bicyclic) bond motifs is 1. The molecule has 3 heterocycles. The molecule has 8 heteroatoms. The number of nitrogens with one attached hydrogen (secondary N) is 1. The Balaban J connectivity index is 1.29. The fraction of sp³-hybridized carbons (Fsp3) is 0.375. The number of pyridine rings is 1. The van der Waals surface area contributed by atoms with Crippen molar-refractivity contribution >= 4 is 23.6 Å². The lowest BCUT2D eigenvalue weighted by atomic mass is 9.97. The Morgan fingerprint density at radius 1 is 1.19 bits per heavy atom. The van der Waals surface area contributed by atoms with Gasteiger partial charge in [0, 0.05) is 24.7 Å². The summed E-state index contributed by atoms with van der Waals surface area (Å²) in [6.45, 7) is 0.397. The van der Waals surface area contributed by atoms with Crippen LogP contribution in [0.15, 0.2) is 36.5 Å². The number of rotatable bonds is 6. The summed E-state index contributed by atoms with van der Waals surface area (Å²) in [4.78, 5) is 54.1. The molecule has 2 aliphatic heterocycles. The van der Waals surface area contributed by atoms with Crippen LogP contribution in [0.25, 0.3) is 0 Å². The number of hydrogen-bond acceptors (Lipinski definition) is 5. The topological polar surface area (TPSA) is 122 Å². The molecule has 32 heavy (non-hydrogen) atoms. The zero-order valence-electron chi connectivity index (χ0n) is 17.5. The molecule has 1 unspecified atom stereocenters. The number of aromatic nitrogens is 1. The normalized spacial score (nSPS) is 24.3. The summed E-state index contributed by atoms with van der Waals surface area (Å²) in [5.74, 6) is -0.522. The number of imide groups is 1. The Kier molecular flexibility index (Phi) is 5.00. The van der Waals surface area contributed by atoms with Gasteiger partial charge in [-0.05, 0) is 66.3 Å². The lowest BCUT2D eigenvalue weighted by Gasteiger charge is -2.29. The molecule has 3 aliphatic rings. The second kappa shape index (κ2) is 7.85. The van der Waals surface area contributed by atoms with Gasteiger partial charge in [0.15, 0.2) is 0 Å². The Labute approximate surface area is 185 Å². The van der Waals surface area contributed by atoms with E-state index in [-0.39, 0.29) is 18.2 Å². The van der Waals surface area contributed by atoms with Gasteiger partial charge in [-0.2, -0.15) is 0 Å². The summed E-state index contributed by atoms with van der Waals surface area (Å²) in [5.41, 5.74) is 9.44.